The average Bonchev–Trinajstić information content (AvgIpc) is 3.08. The Hall–Kier alpha value is -3.85. The van der Waals surface area contributed by atoms with E-state index < -0.39 is 0 Å². The number of aromatic nitrogens is 1. The number of amides is 4. The second kappa shape index (κ2) is 10.4. The van der Waals surface area contributed by atoms with Crippen molar-refractivity contribution < 1.29 is 19.2 Å². The van der Waals surface area contributed by atoms with Gasteiger partial charge in [-0.3, -0.25) is 29.1 Å². The molecule has 3 aromatic rings. The fourth-order valence-corrected chi connectivity index (χ4v) is 3.94. The number of carbonyl (C=O) groups is 4. The molecule has 2 N–H and O–H groups in total. The molecule has 0 radical (unpaired) electrons. The van der Waals surface area contributed by atoms with E-state index in [0.717, 1.165) is 10.0 Å². The third-order valence-corrected chi connectivity index (χ3v) is 5.83. The topological polar surface area (TPSA) is 108 Å². The van der Waals surface area contributed by atoms with Crippen LogP contribution in [0.2, 0.25) is 0 Å². The van der Waals surface area contributed by atoms with Crippen LogP contribution >= 0.6 is 15.9 Å². The van der Waals surface area contributed by atoms with E-state index in [2.05, 4.69) is 31.5 Å². The van der Waals surface area contributed by atoms with Crippen LogP contribution in [-0.4, -0.2) is 40.1 Å². The zero-order chi connectivity index (χ0) is 24.1. The number of benzene rings is 2. The minimum atomic E-state index is -0.340. The molecule has 0 saturated heterocycles. The molecule has 0 saturated carbocycles. The molecule has 9 heteroatoms. The number of halogens is 1. The third-order valence-electron chi connectivity index (χ3n) is 5.33. The number of hydrogen-bond donors (Lipinski definition) is 2. The summed E-state index contributed by atoms with van der Waals surface area (Å²) >= 11 is 3.31. The van der Waals surface area contributed by atoms with Crippen molar-refractivity contribution in [3.8, 4) is 0 Å². The van der Waals surface area contributed by atoms with Gasteiger partial charge in [0.15, 0.2) is 0 Å². The van der Waals surface area contributed by atoms with Crippen LogP contribution in [0.3, 0.4) is 0 Å². The third kappa shape index (κ3) is 5.37. The molecule has 0 spiro atoms. The van der Waals surface area contributed by atoms with E-state index in [-0.39, 0.29) is 36.6 Å². The number of carbonyl (C=O) groups excluding carboxylic acids is 4. The molecule has 1 aliphatic rings. The summed E-state index contributed by atoms with van der Waals surface area (Å²) < 4.78 is 0.732. The van der Waals surface area contributed by atoms with Crippen molar-refractivity contribution in [3.05, 3.63) is 93.7 Å². The normalized spacial score (nSPS) is 12.4. The Labute approximate surface area is 204 Å². The summed E-state index contributed by atoms with van der Waals surface area (Å²) in [5.74, 6) is -1.10. The van der Waals surface area contributed by atoms with Crippen molar-refractivity contribution in [2.24, 2.45) is 0 Å². The van der Waals surface area contributed by atoms with Gasteiger partial charge in [0, 0.05) is 42.1 Å². The molecular formula is C25H21BrN4O4. The van der Waals surface area contributed by atoms with Gasteiger partial charge in [-0.1, -0.05) is 28.1 Å². The Morgan fingerprint density at radius 2 is 1.74 bits per heavy atom. The number of hydrogen-bond acceptors (Lipinski definition) is 5. The average molecular weight is 521 g/mol. The molecule has 172 valence electrons. The quantitative estimate of drug-likeness (QED) is 0.439. The number of anilines is 1. The fraction of sp³-hybridized carbons (Fsp3) is 0.160. The first kappa shape index (κ1) is 23.3. The van der Waals surface area contributed by atoms with Crippen molar-refractivity contribution in [1.29, 1.82) is 0 Å². The van der Waals surface area contributed by atoms with E-state index >= 15 is 0 Å². The maximum Gasteiger partial charge on any atom is 0.261 e. The largest absolute Gasteiger partial charge is 0.348 e. The predicted molar refractivity (Wildman–Crippen MR) is 129 cm³/mol. The van der Waals surface area contributed by atoms with Gasteiger partial charge in [0.1, 0.15) is 0 Å². The van der Waals surface area contributed by atoms with Gasteiger partial charge >= 0.3 is 0 Å². The van der Waals surface area contributed by atoms with E-state index in [9.17, 15) is 19.2 Å². The molecule has 0 aliphatic carbocycles. The first-order valence-electron chi connectivity index (χ1n) is 10.6. The maximum absolute atomic E-state index is 12.5. The van der Waals surface area contributed by atoms with E-state index in [0.29, 0.717) is 35.3 Å². The van der Waals surface area contributed by atoms with E-state index in [1.807, 2.05) is 12.1 Å². The summed E-state index contributed by atoms with van der Waals surface area (Å²) in [5.41, 5.74) is 2.75. The molecule has 0 atom stereocenters. The molecule has 2 aromatic carbocycles. The van der Waals surface area contributed by atoms with Gasteiger partial charge < -0.3 is 10.6 Å². The number of pyridine rings is 1. The Morgan fingerprint density at radius 3 is 2.47 bits per heavy atom. The van der Waals surface area contributed by atoms with Gasteiger partial charge in [-0.15, -0.1) is 0 Å². The van der Waals surface area contributed by atoms with Gasteiger partial charge in [-0.2, -0.15) is 0 Å². The number of nitrogens with zero attached hydrogens (tertiary/aromatic N) is 2. The minimum Gasteiger partial charge on any atom is -0.348 e. The van der Waals surface area contributed by atoms with Crippen LogP contribution < -0.4 is 10.6 Å². The number of rotatable bonds is 8. The second-order valence-electron chi connectivity index (χ2n) is 7.72. The molecule has 34 heavy (non-hydrogen) atoms. The van der Waals surface area contributed by atoms with Crippen molar-refractivity contribution in [2.45, 2.75) is 19.4 Å². The Kier molecular flexibility index (Phi) is 7.12. The highest BCUT2D eigenvalue weighted by Gasteiger charge is 2.35. The molecule has 2 heterocycles. The van der Waals surface area contributed by atoms with Crippen LogP contribution in [0.1, 0.15) is 49.5 Å². The van der Waals surface area contributed by atoms with Gasteiger partial charge in [-0.25, -0.2) is 0 Å². The summed E-state index contributed by atoms with van der Waals surface area (Å²) in [5, 5.41) is 5.62. The lowest BCUT2D eigenvalue weighted by Gasteiger charge is -2.13. The minimum absolute atomic E-state index is 0.167. The molecule has 0 bridgehead atoms. The molecule has 8 nitrogen and oxygen atoms in total. The molecule has 1 aliphatic heterocycles. The van der Waals surface area contributed by atoms with Gasteiger partial charge in [-0.05, 0) is 54.4 Å². The smallest absolute Gasteiger partial charge is 0.261 e. The highest BCUT2D eigenvalue weighted by atomic mass is 79.9. The Bertz CT molecular complexity index is 1250. The van der Waals surface area contributed by atoms with Crippen molar-refractivity contribution in [2.75, 3.05) is 11.9 Å². The van der Waals surface area contributed by atoms with Crippen LogP contribution in [0.25, 0.3) is 0 Å². The van der Waals surface area contributed by atoms with Crippen LogP contribution in [0.15, 0.2) is 71.5 Å². The van der Waals surface area contributed by atoms with Crippen molar-refractivity contribution in [1.82, 2.24) is 15.2 Å². The van der Waals surface area contributed by atoms with Crippen LogP contribution in [-0.2, 0) is 11.3 Å². The molecule has 0 unspecified atom stereocenters. The highest BCUT2D eigenvalue weighted by Crippen LogP contribution is 2.26. The lowest BCUT2D eigenvalue weighted by Crippen LogP contribution is -2.31. The van der Waals surface area contributed by atoms with Crippen molar-refractivity contribution in [3.63, 3.8) is 0 Å². The predicted octanol–water partition coefficient (Wildman–Crippen LogP) is 3.79. The fourth-order valence-electron chi connectivity index (χ4n) is 3.57. The van der Waals surface area contributed by atoms with Crippen LogP contribution in [0.4, 0.5) is 5.69 Å². The van der Waals surface area contributed by atoms with E-state index in [1.54, 1.807) is 48.7 Å². The monoisotopic (exact) mass is 520 g/mol. The number of fused-ring (bicyclic) bond motifs is 1. The van der Waals surface area contributed by atoms with Crippen LogP contribution in [0, 0.1) is 0 Å². The van der Waals surface area contributed by atoms with E-state index in [1.165, 1.54) is 11.1 Å². The molecule has 0 fully saturated rings. The first-order valence-corrected chi connectivity index (χ1v) is 11.4. The molecule has 4 rings (SSSR count). The summed E-state index contributed by atoms with van der Waals surface area (Å²) in [7, 11) is 0. The zero-order valence-corrected chi connectivity index (χ0v) is 19.7. The molecular weight excluding hydrogens is 500 g/mol. The SMILES string of the molecule is O=C(CCCN1C(=O)c2ccc(Br)cc2C1=O)Nc1ccc(CNC(=O)c2cccnc2)cc1. The highest BCUT2D eigenvalue weighted by molar-refractivity contribution is 9.10. The lowest BCUT2D eigenvalue weighted by atomic mass is 10.1. The molecule has 4 amide bonds. The van der Waals surface area contributed by atoms with Crippen LogP contribution in [0.5, 0.6) is 0 Å². The van der Waals surface area contributed by atoms with Gasteiger partial charge in [0.05, 0.1) is 16.7 Å². The molecule has 1 aromatic heterocycles. The maximum atomic E-state index is 12.5. The van der Waals surface area contributed by atoms with Gasteiger partial charge in [0.25, 0.3) is 17.7 Å². The summed E-state index contributed by atoms with van der Waals surface area (Å²) in [6, 6.07) is 15.5. The number of imide groups is 1. The lowest BCUT2D eigenvalue weighted by molar-refractivity contribution is -0.116. The van der Waals surface area contributed by atoms with Gasteiger partial charge in [0.2, 0.25) is 5.91 Å². The summed E-state index contributed by atoms with van der Waals surface area (Å²) in [6.07, 6.45) is 3.63. The summed E-state index contributed by atoms with van der Waals surface area (Å²) in [4.78, 5) is 54.4. The first-order chi connectivity index (χ1) is 16.4. The second-order valence-corrected chi connectivity index (χ2v) is 8.64. The number of nitrogens with one attached hydrogen (secondary N) is 2. The Morgan fingerprint density at radius 1 is 0.971 bits per heavy atom. The Balaban J connectivity index is 1.22. The van der Waals surface area contributed by atoms with E-state index in [4.69, 9.17) is 0 Å². The zero-order valence-electron chi connectivity index (χ0n) is 18.1. The summed E-state index contributed by atoms with van der Waals surface area (Å²) in [6.45, 7) is 0.520. The standard InChI is InChI=1S/C25H21BrN4O4/c26-18-7-10-20-21(13-18)25(34)30(24(20)33)12-2-4-22(31)29-19-8-5-16(6-9-19)14-28-23(32)17-3-1-11-27-15-17/h1,3,5-11,13,15H,2,4,12,14H2,(H,28,32)(H,29,31). The van der Waals surface area contributed by atoms with Crippen molar-refractivity contribution >= 4 is 45.2 Å².